The normalized spacial score (nSPS) is 11.8. The molecule has 0 aliphatic heterocycles. The Morgan fingerprint density at radius 3 is 0.783 bits per heavy atom. The maximum atomic E-state index is 5.59. The summed E-state index contributed by atoms with van der Waals surface area (Å²) >= 11 is 0. The molecule has 0 atom stereocenters. The molecule has 0 aliphatic rings. The Kier molecular flexibility index (Phi) is 11.0. The quantitative estimate of drug-likeness (QED) is 0.0934. The van der Waals surface area contributed by atoms with E-state index in [-0.39, 0.29) is 0 Å². The lowest BCUT2D eigenvalue weighted by atomic mass is 10.1. The maximum Gasteiger partial charge on any atom is 0.179 e. The van der Waals surface area contributed by atoms with Gasteiger partial charge >= 0.3 is 0 Å². The van der Waals surface area contributed by atoms with Gasteiger partial charge in [0.05, 0.1) is 28.1 Å². The second-order valence-corrected chi connectivity index (χ2v) is 25.4. The van der Waals surface area contributed by atoms with Gasteiger partial charge in [-0.3, -0.25) is 0 Å². The van der Waals surface area contributed by atoms with Crippen molar-refractivity contribution in [1.29, 1.82) is 0 Å². The van der Waals surface area contributed by atoms with E-state index in [9.17, 15) is 0 Å². The molecule has 0 bridgehead atoms. The van der Waals surface area contributed by atoms with Crippen molar-refractivity contribution in [1.82, 2.24) is 9.55 Å². The molecule has 2 nitrogen and oxygen atoms in total. The van der Waals surface area contributed by atoms with Crippen LogP contribution >= 0.6 is 0 Å². The van der Waals surface area contributed by atoms with Crippen LogP contribution in [0.1, 0.15) is 0 Å². The molecule has 2 aromatic heterocycles. The van der Waals surface area contributed by atoms with Crippen LogP contribution in [-0.2, 0) is 0 Å². The highest BCUT2D eigenvalue weighted by Gasteiger charge is 2.42. The third-order valence-corrected chi connectivity index (χ3v) is 23.7. The fraction of sp³-hybridized carbons (Fsp3) is 0. The Balaban J connectivity index is 1.05. The second-order valence-electron chi connectivity index (χ2n) is 17.8. The van der Waals surface area contributed by atoms with Crippen molar-refractivity contribution in [2.45, 2.75) is 0 Å². The first-order valence-electron chi connectivity index (χ1n) is 23.8. The van der Waals surface area contributed by atoms with Gasteiger partial charge in [-0.15, -0.1) is 0 Å². The summed E-state index contributed by atoms with van der Waals surface area (Å²) in [6.45, 7) is 0. The first-order chi connectivity index (χ1) is 34.2. The molecule has 12 aromatic rings. The molecule has 0 spiro atoms. The zero-order chi connectivity index (χ0) is 46.0. The van der Waals surface area contributed by atoms with E-state index < -0.39 is 16.1 Å². The molecular weight excluding hydrogens is 865 g/mol. The highest BCUT2D eigenvalue weighted by atomic mass is 28.3. The SMILES string of the molecule is c1ccc([Si](c2ccccc2)(c2ccccc2)c2ccc(-c3cc(-n4c5ccccc5c5ccccc54)cc(-c4ccc([Si](c5ccccc5)(c5ccccc5)c5ccccc5)cc4)n3)cc2)cc1. The van der Waals surface area contributed by atoms with Gasteiger partial charge in [-0.05, 0) is 65.8 Å². The zero-order valence-corrected chi connectivity index (χ0v) is 40.1. The molecular formula is C65H48N2Si2. The molecule has 2 heterocycles. The number of rotatable bonds is 11. The third-order valence-electron chi connectivity index (χ3n) is 14.1. The number of hydrogen-bond donors (Lipinski definition) is 0. The molecule has 10 aromatic carbocycles. The van der Waals surface area contributed by atoms with Crippen LogP contribution in [0.3, 0.4) is 0 Å². The summed E-state index contributed by atoms with van der Waals surface area (Å²) in [6, 6.07) is 108. The van der Waals surface area contributed by atoms with Gasteiger partial charge in [0.2, 0.25) is 0 Å². The van der Waals surface area contributed by atoms with Crippen LogP contribution in [0, 0.1) is 0 Å². The summed E-state index contributed by atoms with van der Waals surface area (Å²) < 4.78 is 2.42. The predicted molar refractivity (Wildman–Crippen MR) is 297 cm³/mol. The number of aromatic nitrogens is 2. The van der Waals surface area contributed by atoms with Gasteiger partial charge in [0, 0.05) is 21.9 Å². The van der Waals surface area contributed by atoms with Crippen LogP contribution in [0.5, 0.6) is 0 Å². The lowest BCUT2D eigenvalue weighted by Gasteiger charge is -2.34. The Bertz CT molecular complexity index is 3240. The van der Waals surface area contributed by atoms with Crippen LogP contribution in [0.2, 0.25) is 0 Å². The van der Waals surface area contributed by atoms with Crippen LogP contribution in [-0.4, -0.2) is 25.7 Å². The maximum absolute atomic E-state index is 5.59. The van der Waals surface area contributed by atoms with E-state index in [4.69, 9.17) is 4.98 Å². The Labute approximate surface area is 406 Å². The van der Waals surface area contributed by atoms with E-state index >= 15 is 0 Å². The Hall–Kier alpha value is -8.42. The Morgan fingerprint density at radius 2 is 0.493 bits per heavy atom. The van der Waals surface area contributed by atoms with Gasteiger partial charge in [-0.1, -0.05) is 267 Å². The van der Waals surface area contributed by atoms with Crippen molar-refractivity contribution in [2.75, 3.05) is 0 Å². The summed E-state index contributed by atoms with van der Waals surface area (Å²) in [7, 11) is -5.44. The number of pyridine rings is 1. The lowest BCUT2D eigenvalue weighted by molar-refractivity contribution is 1.16. The summed E-state index contributed by atoms with van der Waals surface area (Å²) in [5.41, 5.74) is 7.40. The van der Waals surface area contributed by atoms with Gasteiger partial charge in [0.1, 0.15) is 0 Å². The van der Waals surface area contributed by atoms with Crippen LogP contribution in [0.25, 0.3) is 50.0 Å². The van der Waals surface area contributed by atoms with E-state index in [1.807, 2.05) is 0 Å². The van der Waals surface area contributed by atoms with Gasteiger partial charge in [-0.2, -0.15) is 0 Å². The number of hydrogen-bond acceptors (Lipinski definition) is 1. The first kappa shape index (κ1) is 42.0. The van der Waals surface area contributed by atoms with E-state index in [0.29, 0.717) is 0 Å². The number of fused-ring (bicyclic) bond motifs is 3. The van der Waals surface area contributed by atoms with Crippen molar-refractivity contribution in [3.05, 3.63) is 291 Å². The van der Waals surface area contributed by atoms with Gasteiger partial charge in [0.25, 0.3) is 0 Å². The third kappa shape index (κ3) is 7.21. The highest BCUT2D eigenvalue weighted by Crippen LogP contribution is 2.35. The van der Waals surface area contributed by atoms with Crippen molar-refractivity contribution in [2.24, 2.45) is 0 Å². The van der Waals surface area contributed by atoms with Crippen molar-refractivity contribution < 1.29 is 0 Å². The molecule has 0 saturated carbocycles. The van der Waals surface area contributed by atoms with Crippen molar-refractivity contribution in [3.63, 3.8) is 0 Å². The van der Waals surface area contributed by atoms with E-state index in [1.54, 1.807) is 0 Å². The molecule has 0 amide bonds. The molecule has 0 unspecified atom stereocenters. The molecule has 0 N–H and O–H groups in total. The molecule has 0 aliphatic carbocycles. The predicted octanol–water partition coefficient (Wildman–Crippen LogP) is 10.3. The minimum absolute atomic E-state index is 0.924. The highest BCUT2D eigenvalue weighted by molar-refractivity contribution is 7.20. The molecule has 0 radical (unpaired) electrons. The number of para-hydroxylation sites is 2. The standard InChI is InChI=1S/C65H48N2Si2/c1-7-23-52(24-8-1)68(53-25-9-2-10-26-53,54-27-11-3-12-28-54)58-43-39-49(40-44-58)62-47-51(67-64-37-21-19-35-60(64)61-36-20-22-38-65(61)67)48-63(66-62)50-41-45-59(46-42-50)69(55-29-13-4-14-30-55,56-31-15-5-16-32-56)57-33-17-6-18-34-57/h1-48H. The summed E-state index contributed by atoms with van der Waals surface area (Å²) in [6.07, 6.45) is 0. The summed E-state index contributed by atoms with van der Waals surface area (Å²) in [5.74, 6) is 0. The minimum atomic E-state index is -2.72. The lowest BCUT2D eigenvalue weighted by Crippen LogP contribution is -2.74. The minimum Gasteiger partial charge on any atom is -0.309 e. The monoisotopic (exact) mass is 912 g/mol. The molecule has 12 rings (SSSR count). The van der Waals surface area contributed by atoms with E-state index in [1.165, 1.54) is 63.3 Å². The average Bonchev–Trinajstić information content (AvgIpc) is 3.78. The number of benzene rings is 10. The average molecular weight is 913 g/mol. The molecule has 326 valence electrons. The van der Waals surface area contributed by atoms with E-state index in [2.05, 4.69) is 296 Å². The van der Waals surface area contributed by atoms with Crippen LogP contribution < -0.4 is 41.5 Å². The molecule has 0 saturated heterocycles. The van der Waals surface area contributed by atoms with Crippen molar-refractivity contribution in [3.8, 4) is 28.2 Å². The zero-order valence-electron chi connectivity index (χ0n) is 38.1. The first-order valence-corrected chi connectivity index (χ1v) is 27.8. The second kappa shape index (κ2) is 18.0. The molecule has 4 heteroatoms. The van der Waals surface area contributed by atoms with Gasteiger partial charge in [0.15, 0.2) is 16.1 Å². The van der Waals surface area contributed by atoms with Crippen molar-refractivity contribution >= 4 is 79.4 Å². The fourth-order valence-electron chi connectivity index (χ4n) is 11.1. The topological polar surface area (TPSA) is 17.8 Å². The summed E-state index contributed by atoms with van der Waals surface area (Å²) in [4.78, 5) is 5.59. The van der Waals surface area contributed by atoms with Crippen LogP contribution in [0.15, 0.2) is 291 Å². The summed E-state index contributed by atoms with van der Waals surface area (Å²) in [5, 5.41) is 13.2. The Morgan fingerprint density at radius 1 is 0.246 bits per heavy atom. The van der Waals surface area contributed by atoms with Gasteiger partial charge < -0.3 is 4.57 Å². The fourth-order valence-corrected chi connectivity index (χ4v) is 20.5. The molecule has 69 heavy (non-hydrogen) atoms. The van der Waals surface area contributed by atoms with Gasteiger partial charge in [-0.25, -0.2) is 4.98 Å². The van der Waals surface area contributed by atoms with E-state index in [0.717, 1.165) is 28.2 Å². The molecule has 0 fully saturated rings. The largest absolute Gasteiger partial charge is 0.309 e. The number of nitrogens with zero attached hydrogens (tertiary/aromatic N) is 2. The van der Waals surface area contributed by atoms with Crippen LogP contribution in [0.4, 0.5) is 0 Å². The smallest absolute Gasteiger partial charge is 0.179 e.